The first kappa shape index (κ1) is 16.5. The summed E-state index contributed by atoms with van der Waals surface area (Å²) in [5, 5.41) is 14.2. The Bertz CT molecular complexity index is 994. The van der Waals surface area contributed by atoms with E-state index in [1.165, 1.54) is 10.8 Å². The number of nitrogens with one attached hydrogen (secondary N) is 1. The Kier molecular flexibility index (Phi) is 3.83. The normalized spacial score (nSPS) is 18.0. The van der Waals surface area contributed by atoms with Crippen molar-refractivity contribution in [3.8, 4) is 16.9 Å². The highest BCUT2D eigenvalue weighted by molar-refractivity contribution is 5.87. The molecule has 3 aromatic carbocycles. The van der Waals surface area contributed by atoms with Crippen LogP contribution in [0.1, 0.15) is 25.5 Å². The SMILES string of the molecule is CC1(C)COc2cc(-c3ccc4ccccc4c3)ccc2C1NC(=O)O. The van der Waals surface area contributed by atoms with Gasteiger partial charge in [-0.25, -0.2) is 4.79 Å². The molecule has 1 heterocycles. The van der Waals surface area contributed by atoms with Crippen LogP contribution in [0.15, 0.2) is 60.7 Å². The molecule has 0 saturated carbocycles. The van der Waals surface area contributed by atoms with Crippen molar-refractivity contribution >= 4 is 16.9 Å². The van der Waals surface area contributed by atoms with Gasteiger partial charge in [-0.2, -0.15) is 0 Å². The highest BCUT2D eigenvalue weighted by Gasteiger charge is 2.38. The fraction of sp³-hybridized carbons (Fsp3) is 0.227. The van der Waals surface area contributed by atoms with Crippen LogP contribution in [0, 0.1) is 5.41 Å². The number of hydrogen-bond acceptors (Lipinski definition) is 2. The lowest BCUT2D eigenvalue weighted by atomic mass is 9.78. The van der Waals surface area contributed by atoms with E-state index in [1.54, 1.807) is 0 Å². The predicted octanol–water partition coefficient (Wildman–Crippen LogP) is 5.23. The lowest BCUT2D eigenvalue weighted by molar-refractivity contribution is 0.0996. The summed E-state index contributed by atoms with van der Waals surface area (Å²) in [6, 6.07) is 20.4. The molecule has 0 spiro atoms. The first-order chi connectivity index (χ1) is 12.4. The number of hydrogen-bond donors (Lipinski definition) is 2. The van der Waals surface area contributed by atoms with E-state index in [-0.39, 0.29) is 11.5 Å². The average molecular weight is 347 g/mol. The Balaban J connectivity index is 1.75. The van der Waals surface area contributed by atoms with Crippen LogP contribution in [0.5, 0.6) is 5.75 Å². The summed E-state index contributed by atoms with van der Waals surface area (Å²) >= 11 is 0. The van der Waals surface area contributed by atoms with Crippen LogP contribution >= 0.6 is 0 Å². The minimum atomic E-state index is -1.02. The van der Waals surface area contributed by atoms with Crippen molar-refractivity contribution in [2.75, 3.05) is 6.61 Å². The first-order valence-corrected chi connectivity index (χ1v) is 8.69. The largest absolute Gasteiger partial charge is 0.493 e. The van der Waals surface area contributed by atoms with Crippen LogP contribution in [-0.2, 0) is 0 Å². The minimum absolute atomic E-state index is 0.297. The fourth-order valence-corrected chi connectivity index (χ4v) is 3.61. The van der Waals surface area contributed by atoms with Crippen LogP contribution < -0.4 is 10.1 Å². The molecule has 26 heavy (non-hydrogen) atoms. The van der Waals surface area contributed by atoms with Crippen molar-refractivity contribution < 1.29 is 14.6 Å². The zero-order chi connectivity index (χ0) is 18.3. The minimum Gasteiger partial charge on any atom is -0.493 e. The second-order valence-corrected chi connectivity index (χ2v) is 7.47. The maximum Gasteiger partial charge on any atom is 0.405 e. The van der Waals surface area contributed by atoms with E-state index in [0.29, 0.717) is 6.61 Å². The molecule has 3 aromatic rings. The van der Waals surface area contributed by atoms with Gasteiger partial charge >= 0.3 is 6.09 Å². The summed E-state index contributed by atoms with van der Waals surface area (Å²) in [6.45, 7) is 4.48. The van der Waals surface area contributed by atoms with E-state index in [9.17, 15) is 9.90 Å². The number of rotatable bonds is 2. The fourth-order valence-electron chi connectivity index (χ4n) is 3.61. The number of carboxylic acid groups (broad SMARTS) is 1. The molecule has 0 saturated heterocycles. The summed E-state index contributed by atoms with van der Waals surface area (Å²) in [5.74, 6) is 0.744. The molecule has 1 aliphatic rings. The summed E-state index contributed by atoms with van der Waals surface area (Å²) in [6.07, 6.45) is -1.02. The summed E-state index contributed by atoms with van der Waals surface area (Å²) in [7, 11) is 0. The topological polar surface area (TPSA) is 58.6 Å². The van der Waals surface area contributed by atoms with E-state index >= 15 is 0 Å². The molecule has 0 bridgehead atoms. The molecule has 0 radical (unpaired) electrons. The van der Waals surface area contributed by atoms with E-state index < -0.39 is 6.09 Å². The Morgan fingerprint density at radius 3 is 2.50 bits per heavy atom. The lowest BCUT2D eigenvalue weighted by Gasteiger charge is -2.39. The standard InChI is InChI=1S/C22H21NO3/c1-22(2)13-26-19-12-17(9-10-18(19)20(22)23-21(24)25)16-8-7-14-5-3-4-6-15(14)11-16/h3-12,20,23H,13H2,1-2H3,(H,24,25). The second kappa shape index (κ2) is 6.06. The van der Waals surface area contributed by atoms with Gasteiger partial charge in [0, 0.05) is 11.0 Å². The Hall–Kier alpha value is -3.01. The predicted molar refractivity (Wildman–Crippen MR) is 103 cm³/mol. The third-order valence-electron chi connectivity index (χ3n) is 5.06. The Morgan fingerprint density at radius 2 is 1.73 bits per heavy atom. The summed E-state index contributed by atoms with van der Waals surface area (Å²) < 4.78 is 5.97. The monoisotopic (exact) mass is 347 g/mol. The molecule has 4 nitrogen and oxygen atoms in total. The molecule has 1 unspecified atom stereocenters. The molecule has 0 fully saturated rings. The van der Waals surface area contributed by atoms with Crippen molar-refractivity contribution in [3.63, 3.8) is 0 Å². The number of benzene rings is 3. The summed E-state index contributed by atoms with van der Waals surface area (Å²) in [5.41, 5.74) is 2.75. The van der Waals surface area contributed by atoms with Gasteiger partial charge < -0.3 is 15.2 Å². The van der Waals surface area contributed by atoms with Gasteiger partial charge in [0.1, 0.15) is 5.75 Å². The maximum atomic E-state index is 11.2. The molecule has 1 aliphatic heterocycles. The molecule has 0 aliphatic carbocycles. The zero-order valence-electron chi connectivity index (χ0n) is 14.8. The van der Waals surface area contributed by atoms with Crippen molar-refractivity contribution in [1.82, 2.24) is 5.32 Å². The van der Waals surface area contributed by atoms with E-state index in [1.807, 2.05) is 44.2 Å². The zero-order valence-corrected chi connectivity index (χ0v) is 14.8. The number of amides is 1. The van der Waals surface area contributed by atoms with E-state index in [2.05, 4.69) is 35.6 Å². The maximum absolute atomic E-state index is 11.2. The van der Waals surface area contributed by atoms with Crippen molar-refractivity contribution in [3.05, 3.63) is 66.2 Å². The number of carbonyl (C=O) groups is 1. The Labute approximate surface area is 152 Å². The van der Waals surface area contributed by atoms with Crippen molar-refractivity contribution in [1.29, 1.82) is 0 Å². The third-order valence-corrected chi connectivity index (χ3v) is 5.06. The Morgan fingerprint density at radius 1 is 1.04 bits per heavy atom. The highest BCUT2D eigenvalue weighted by atomic mass is 16.5. The van der Waals surface area contributed by atoms with Crippen LogP contribution in [-0.4, -0.2) is 17.8 Å². The van der Waals surface area contributed by atoms with Gasteiger partial charge in [0.15, 0.2) is 0 Å². The molecule has 1 atom stereocenters. The molecular weight excluding hydrogens is 326 g/mol. The van der Waals surface area contributed by atoms with Crippen LogP contribution in [0.2, 0.25) is 0 Å². The van der Waals surface area contributed by atoms with Crippen LogP contribution in [0.4, 0.5) is 4.79 Å². The van der Waals surface area contributed by atoms with Gasteiger partial charge in [-0.05, 0) is 34.0 Å². The van der Waals surface area contributed by atoms with Crippen molar-refractivity contribution in [2.24, 2.45) is 5.41 Å². The molecule has 4 rings (SSSR count). The molecule has 0 aromatic heterocycles. The van der Waals surface area contributed by atoms with E-state index in [4.69, 9.17) is 4.74 Å². The van der Waals surface area contributed by atoms with Gasteiger partial charge in [-0.15, -0.1) is 0 Å². The number of fused-ring (bicyclic) bond motifs is 2. The van der Waals surface area contributed by atoms with E-state index in [0.717, 1.165) is 22.4 Å². The highest BCUT2D eigenvalue weighted by Crippen LogP contribution is 2.44. The number of ether oxygens (including phenoxy) is 1. The lowest BCUT2D eigenvalue weighted by Crippen LogP contribution is -2.43. The van der Waals surface area contributed by atoms with Crippen LogP contribution in [0.3, 0.4) is 0 Å². The second-order valence-electron chi connectivity index (χ2n) is 7.47. The van der Waals surface area contributed by atoms with Gasteiger partial charge in [0.25, 0.3) is 0 Å². The average Bonchev–Trinajstić information content (AvgIpc) is 2.63. The van der Waals surface area contributed by atoms with Crippen LogP contribution in [0.25, 0.3) is 21.9 Å². The third kappa shape index (κ3) is 2.88. The molecule has 132 valence electrons. The van der Waals surface area contributed by atoms with Crippen molar-refractivity contribution in [2.45, 2.75) is 19.9 Å². The molecule has 4 heteroatoms. The molecular formula is C22H21NO3. The molecule has 1 amide bonds. The molecule has 2 N–H and O–H groups in total. The quantitative estimate of drug-likeness (QED) is 0.667. The smallest absolute Gasteiger partial charge is 0.405 e. The van der Waals surface area contributed by atoms with Gasteiger partial charge in [0.05, 0.1) is 12.6 Å². The van der Waals surface area contributed by atoms with Gasteiger partial charge in [0.2, 0.25) is 0 Å². The van der Waals surface area contributed by atoms with Gasteiger partial charge in [-0.3, -0.25) is 0 Å². The summed E-state index contributed by atoms with van der Waals surface area (Å²) in [4.78, 5) is 11.2. The first-order valence-electron chi connectivity index (χ1n) is 8.69. The van der Waals surface area contributed by atoms with Gasteiger partial charge in [-0.1, -0.05) is 62.4 Å².